The minimum atomic E-state index is -0.512. The van der Waals surface area contributed by atoms with Gasteiger partial charge in [-0.25, -0.2) is 14.8 Å². The molecular formula is C12H13N3O3S. The molecule has 2 rings (SSSR count). The fraction of sp³-hybridized carbons (Fsp3) is 0.250. The Kier molecular flexibility index (Phi) is 3.75. The molecule has 0 aliphatic rings. The molecule has 2 heterocycles. The van der Waals surface area contributed by atoms with E-state index in [9.17, 15) is 4.79 Å². The highest BCUT2D eigenvalue weighted by molar-refractivity contribution is 7.99. The number of nitrogens with zero attached hydrogens (tertiary/aromatic N) is 2. The van der Waals surface area contributed by atoms with Crippen LogP contribution >= 0.6 is 11.8 Å². The van der Waals surface area contributed by atoms with Crippen molar-refractivity contribution in [3.8, 4) is 0 Å². The summed E-state index contributed by atoms with van der Waals surface area (Å²) in [6.07, 6.45) is 0. The van der Waals surface area contributed by atoms with E-state index in [2.05, 4.69) is 14.7 Å². The summed E-state index contributed by atoms with van der Waals surface area (Å²) < 4.78 is 10.1. The van der Waals surface area contributed by atoms with Gasteiger partial charge in [0.05, 0.1) is 18.5 Å². The number of hydrogen-bond acceptors (Lipinski definition) is 7. The van der Waals surface area contributed by atoms with Crippen LogP contribution in [-0.2, 0) is 4.74 Å². The molecule has 2 aromatic rings. The van der Waals surface area contributed by atoms with Gasteiger partial charge in [0.15, 0.2) is 0 Å². The van der Waals surface area contributed by atoms with Gasteiger partial charge in [0.25, 0.3) is 5.22 Å². The summed E-state index contributed by atoms with van der Waals surface area (Å²) in [6, 6.07) is 3.11. The van der Waals surface area contributed by atoms with Crippen molar-refractivity contribution in [1.29, 1.82) is 0 Å². The summed E-state index contributed by atoms with van der Waals surface area (Å²) in [6.45, 7) is 3.68. The number of ether oxygens (including phenoxy) is 1. The van der Waals surface area contributed by atoms with Crippen LogP contribution in [-0.4, -0.2) is 23.0 Å². The van der Waals surface area contributed by atoms with Crippen LogP contribution < -0.4 is 5.73 Å². The van der Waals surface area contributed by atoms with Crippen LogP contribution in [0.3, 0.4) is 0 Å². The number of nitrogen functional groups attached to an aromatic ring is 1. The number of pyridine rings is 1. The molecule has 2 aromatic heterocycles. The number of oxazole rings is 1. The molecule has 0 aliphatic carbocycles. The maximum absolute atomic E-state index is 11.4. The van der Waals surface area contributed by atoms with E-state index in [0.29, 0.717) is 15.9 Å². The lowest BCUT2D eigenvalue weighted by Crippen LogP contribution is -2.05. The zero-order valence-electron chi connectivity index (χ0n) is 10.8. The zero-order chi connectivity index (χ0) is 14.0. The van der Waals surface area contributed by atoms with Crippen LogP contribution in [0.4, 0.5) is 5.69 Å². The zero-order valence-corrected chi connectivity index (χ0v) is 11.6. The number of anilines is 1. The summed E-state index contributed by atoms with van der Waals surface area (Å²) in [5, 5.41) is 0.903. The molecule has 19 heavy (non-hydrogen) atoms. The first-order valence-electron chi connectivity index (χ1n) is 5.48. The lowest BCUT2D eigenvalue weighted by Gasteiger charge is -2.04. The van der Waals surface area contributed by atoms with Crippen molar-refractivity contribution in [3.63, 3.8) is 0 Å². The van der Waals surface area contributed by atoms with Crippen LogP contribution in [0, 0.1) is 13.8 Å². The molecule has 0 amide bonds. The van der Waals surface area contributed by atoms with E-state index < -0.39 is 5.97 Å². The summed E-state index contributed by atoms with van der Waals surface area (Å²) >= 11 is 1.17. The maximum Gasteiger partial charge on any atom is 0.356 e. The molecule has 0 radical (unpaired) electrons. The first-order chi connectivity index (χ1) is 9.01. The van der Waals surface area contributed by atoms with Gasteiger partial charge in [0.2, 0.25) is 0 Å². The van der Waals surface area contributed by atoms with Crippen molar-refractivity contribution < 1.29 is 13.9 Å². The Morgan fingerprint density at radius 2 is 2.11 bits per heavy atom. The summed E-state index contributed by atoms with van der Waals surface area (Å²) in [5.74, 6) is 0.229. The van der Waals surface area contributed by atoms with Gasteiger partial charge in [-0.2, -0.15) is 0 Å². The van der Waals surface area contributed by atoms with Crippen LogP contribution in [0.15, 0.2) is 26.8 Å². The van der Waals surface area contributed by atoms with Crippen LogP contribution in [0.2, 0.25) is 0 Å². The second kappa shape index (κ2) is 5.31. The Morgan fingerprint density at radius 1 is 1.37 bits per heavy atom. The van der Waals surface area contributed by atoms with E-state index in [0.717, 1.165) is 11.5 Å². The minimum Gasteiger partial charge on any atom is -0.464 e. The Labute approximate surface area is 114 Å². The third-order valence-electron chi connectivity index (χ3n) is 2.48. The third-order valence-corrected chi connectivity index (χ3v) is 3.35. The molecule has 0 aromatic carbocycles. The number of carbonyl (C=O) groups excluding carboxylic acids is 1. The molecule has 0 aliphatic heterocycles. The summed E-state index contributed by atoms with van der Waals surface area (Å²) in [5.41, 5.74) is 7.27. The molecule has 0 atom stereocenters. The molecule has 0 saturated carbocycles. The van der Waals surface area contributed by atoms with E-state index >= 15 is 0 Å². The minimum absolute atomic E-state index is 0.194. The van der Waals surface area contributed by atoms with E-state index in [1.54, 1.807) is 6.07 Å². The second-order valence-corrected chi connectivity index (χ2v) is 4.75. The number of carbonyl (C=O) groups is 1. The monoisotopic (exact) mass is 279 g/mol. The number of nitrogens with two attached hydrogens (primary N) is 1. The average Bonchev–Trinajstić information content (AvgIpc) is 2.70. The van der Waals surface area contributed by atoms with Gasteiger partial charge in [0, 0.05) is 0 Å². The molecule has 2 N–H and O–H groups in total. The van der Waals surface area contributed by atoms with Gasteiger partial charge in [-0.3, -0.25) is 0 Å². The molecule has 0 spiro atoms. The third kappa shape index (κ3) is 2.87. The van der Waals surface area contributed by atoms with Gasteiger partial charge in [0.1, 0.15) is 16.5 Å². The second-order valence-electron chi connectivity index (χ2n) is 3.81. The highest BCUT2D eigenvalue weighted by Gasteiger charge is 2.14. The lowest BCUT2D eigenvalue weighted by molar-refractivity contribution is 0.0593. The Balaban J connectivity index is 2.31. The predicted molar refractivity (Wildman–Crippen MR) is 70.1 cm³/mol. The molecule has 0 saturated heterocycles. The molecule has 100 valence electrons. The van der Waals surface area contributed by atoms with Gasteiger partial charge < -0.3 is 14.9 Å². The van der Waals surface area contributed by atoms with Gasteiger partial charge in [-0.1, -0.05) is 0 Å². The number of hydrogen-bond donors (Lipinski definition) is 1. The van der Waals surface area contributed by atoms with E-state index in [4.69, 9.17) is 10.2 Å². The fourth-order valence-corrected chi connectivity index (χ4v) is 2.17. The molecule has 0 fully saturated rings. The number of aryl methyl sites for hydroxylation is 2. The molecular weight excluding hydrogens is 266 g/mol. The number of aromatic nitrogens is 2. The largest absolute Gasteiger partial charge is 0.464 e. The maximum atomic E-state index is 11.4. The van der Waals surface area contributed by atoms with Crippen LogP contribution in [0.25, 0.3) is 0 Å². The predicted octanol–water partition coefficient (Wildman–Crippen LogP) is 2.21. The molecule has 7 heteroatoms. The Bertz CT molecular complexity index is 605. The number of methoxy groups -OCH3 is 1. The van der Waals surface area contributed by atoms with E-state index in [-0.39, 0.29) is 5.69 Å². The molecule has 0 unspecified atom stereocenters. The quantitative estimate of drug-likeness (QED) is 0.861. The lowest BCUT2D eigenvalue weighted by atomic mass is 10.3. The fourth-order valence-electron chi connectivity index (χ4n) is 1.32. The summed E-state index contributed by atoms with van der Waals surface area (Å²) in [7, 11) is 1.30. The van der Waals surface area contributed by atoms with Crippen molar-refractivity contribution in [2.75, 3.05) is 12.8 Å². The van der Waals surface area contributed by atoms with Gasteiger partial charge in [-0.05, 0) is 37.7 Å². The summed E-state index contributed by atoms with van der Waals surface area (Å²) in [4.78, 5) is 19.8. The SMILES string of the molecule is COC(=O)c1ccc(N)c(Sc2nc(C)c(C)o2)n1. The highest BCUT2D eigenvalue weighted by Crippen LogP contribution is 2.31. The van der Waals surface area contributed by atoms with E-state index in [1.807, 2.05) is 13.8 Å². The topological polar surface area (TPSA) is 91.2 Å². The van der Waals surface area contributed by atoms with Crippen molar-refractivity contribution >= 4 is 23.4 Å². The normalized spacial score (nSPS) is 10.5. The van der Waals surface area contributed by atoms with Crippen molar-refractivity contribution in [3.05, 3.63) is 29.3 Å². The van der Waals surface area contributed by atoms with Crippen LogP contribution in [0.5, 0.6) is 0 Å². The smallest absolute Gasteiger partial charge is 0.356 e. The van der Waals surface area contributed by atoms with Crippen molar-refractivity contribution in [1.82, 2.24) is 9.97 Å². The Morgan fingerprint density at radius 3 is 2.68 bits per heavy atom. The first kappa shape index (κ1) is 13.4. The average molecular weight is 279 g/mol. The van der Waals surface area contributed by atoms with Crippen molar-refractivity contribution in [2.45, 2.75) is 24.1 Å². The van der Waals surface area contributed by atoms with Crippen molar-refractivity contribution in [2.24, 2.45) is 0 Å². The highest BCUT2D eigenvalue weighted by atomic mass is 32.2. The molecule has 0 bridgehead atoms. The van der Waals surface area contributed by atoms with Crippen LogP contribution in [0.1, 0.15) is 21.9 Å². The van der Waals surface area contributed by atoms with Gasteiger partial charge >= 0.3 is 5.97 Å². The number of esters is 1. The first-order valence-corrected chi connectivity index (χ1v) is 6.29. The molecule has 6 nitrogen and oxygen atoms in total. The standard InChI is InChI=1S/C12H13N3O3S/c1-6-7(2)18-12(14-6)19-10-8(13)4-5-9(15-10)11(16)17-3/h4-5H,13H2,1-3H3. The number of rotatable bonds is 3. The van der Waals surface area contributed by atoms with Gasteiger partial charge in [-0.15, -0.1) is 0 Å². The Hall–Kier alpha value is -2.02. The van der Waals surface area contributed by atoms with E-state index in [1.165, 1.54) is 24.9 Å².